The third kappa shape index (κ3) is 1.81. The average Bonchev–Trinajstić information content (AvgIpc) is 2.26. The Bertz CT molecular complexity index is 531. The number of pyridine rings is 1. The van der Waals surface area contributed by atoms with E-state index in [-0.39, 0.29) is 10.6 Å². The van der Waals surface area contributed by atoms with Gasteiger partial charge in [-0.3, -0.25) is 9.36 Å². The predicted molar refractivity (Wildman–Crippen MR) is 61.8 cm³/mol. The van der Waals surface area contributed by atoms with Crippen molar-refractivity contribution in [1.82, 2.24) is 4.57 Å². The molecule has 0 atom stereocenters. The summed E-state index contributed by atoms with van der Waals surface area (Å²) in [4.78, 5) is 11.8. The van der Waals surface area contributed by atoms with Crippen LogP contribution in [-0.2, 0) is 0 Å². The highest BCUT2D eigenvalue weighted by atomic mass is 35.5. The smallest absolute Gasteiger partial charge is 0.274 e. The van der Waals surface area contributed by atoms with Gasteiger partial charge in [-0.1, -0.05) is 29.8 Å². The Morgan fingerprint density at radius 1 is 1.07 bits per heavy atom. The molecule has 0 N–H and O–H groups in total. The van der Waals surface area contributed by atoms with Crippen LogP contribution >= 0.6 is 11.6 Å². The van der Waals surface area contributed by atoms with Gasteiger partial charge in [0.15, 0.2) is 0 Å². The van der Waals surface area contributed by atoms with E-state index in [1.54, 1.807) is 10.6 Å². The zero-order valence-electron chi connectivity index (χ0n) is 8.27. The SMILES string of the molecule is Cc1ccc(Cl)c(=O)n1-c1ccccc1. The minimum atomic E-state index is -0.178. The maximum Gasteiger partial charge on any atom is 0.274 e. The zero-order chi connectivity index (χ0) is 10.8. The highest BCUT2D eigenvalue weighted by molar-refractivity contribution is 6.30. The van der Waals surface area contributed by atoms with E-state index < -0.39 is 0 Å². The quantitative estimate of drug-likeness (QED) is 0.723. The normalized spacial score (nSPS) is 10.3. The van der Waals surface area contributed by atoms with Gasteiger partial charge in [-0.05, 0) is 31.2 Å². The van der Waals surface area contributed by atoms with E-state index in [9.17, 15) is 4.79 Å². The zero-order valence-corrected chi connectivity index (χ0v) is 9.03. The summed E-state index contributed by atoms with van der Waals surface area (Å²) in [5, 5.41) is 0.240. The van der Waals surface area contributed by atoms with Crippen molar-refractivity contribution in [3.63, 3.8) is 0 Å². The summed E-state index contributed by atoms with van der Waals surface area (Å²) >= 11 is 5.80. The van der Waals surface area contributed by atoms with E-state index in [2.05, 4.69) is 0 Å². The molecule has 1 heterocycles. The summed E-state index contributed by atoms with van der Waals surface area (Å²) in [5.74, 6) is 0. The Morgan fingerprint density at radius 2 is 1.73 bits per heavy atom. The number of hydrogen-bond acceptors (Lipinski definition) is 1. The maximum atomic E-state index is 11.8. The van der Waals surface area contributed by atoms with Gasteiger partial charge in [-0.25, -0.2) is 0 Å². The number of hydrogen-bond donors (Lipinski definition) is 0. The third-order valence-electron chi connectivity index (χ3n) is 2.25. The van der Waals surface area contributed by atoms with Gasteiger partial charge < -0.3 is 0 Å². The molecule has 2 rings (SSSR count). The fourth-order valence-corrected chi connectivity index (χ4v) is 1.65. The Balaban J connectivity index is 2.73. The second kappa shape index (κ2) is 3.91. The number of benzene rings is 1. The maximum absolute atomic E-state index is 11.8. The van der Waals surface area contributed by atoms with Crippen molar-refractivity contribution in [3.05, 3.63) is 63.5 Å². The van der Waals surface area contributed by atoms with Crippen LogP contribution in [0.15, 0.2) is 47.3 Å². The molecule has 0 aliphatic carbocycles. The van der Waals surface area contributed by atoms with Crippen LogP contribution in [0.4, 0.5) is 0 Å². The Kier molecular flexibility index (Phi) is 2.60. The molecule has 0 saturated heterocycles. The van der Waals surface area contributed by atoms with Crippen molar-refractivity contribution in [2.75, 3.05) is 0 Å². The van der Waals surface area contributed by atoms with Crippen LogP contribution in [0.5, 0.6) is 0 Å². The lowest BCUT2D eigenvalue weighted by atomic mass is 10.3. The van der Waals surface area contributed by atoms with E-state index in [4.69, 9.17) is 11.6 Å². The van der Waals surface area contributed by atoms with Crippen molar-refractivity contribution in [2.24, 2.45) is 0 Å². The molecule has 2 nitrogen and oxygen atoms in total. The molecule has 0 aliphatic rings. The van der Waals surface area contributed by atoms with Crippen LogP contribution in [0.2, 0.25) is 5.02 Å². The Labute approximate surface area is 92.7 Å². The minimum absolute atomic E-state index is 0.178. The third-order valence-corrected chi connectivity index (χ3v) is 2.53. The number of aryl methyl sites for hydroxylation is 1. The Morgan fingerprint density at radius 3 is 2.40 bits per heavy atom. The summed E-state index contributed by atoms with van der Waals surface area (Å²) in [6.07, 6.45) is 0. The van der Waals surface area contributed by atoms with E-state index in [0.717, 1.165) is 11.4 Å². The lowest BCUT2D eigenvalue weighted by Crippen LogP contribution is -2.20. The largest absolute Gasteiger partial charge is 0.280 e. The van der Waals surface area contributed by atoms with Gasteiger partial charge >= 0.3 is 0 Å². The minimum Gasteiger partial charge on any atom is -0.280 e. The summed E-state index contributed by atoms with van der Waals surface area (Å²) in [7, 11) is 0. The summed E-state index contributed by atoms with van der Waals surface area (Å²) < 4.78 is 1.60. The second-order valence-corrected chi connectivity index (χ2v) is 3.71. The number of para-hydroxylation sites is 1. The van der Waals surface area contributed by atoms with Crippen LogP contribution < -0.4 is 5.56 Å². The van der Waals surface area contributed by atoms with Gasteiger partial charge in [0, 0.05) is 11.4 Å². The molecule has 0 bridgehead atoms. The molecule has 1 aromatic heterocycles. The van der Waals surface area contributed by atoms with Crippen LogP contribution in [-0.4, -0.2) is 4.57 Å². The van der Waals surface area contributed by atoms with Gasteiger partial charge in [0.2, 0.25) is 0 Å². The summed E-state index contributed by atoms with van der Waals surface area (Å²) in [5.41, 5.74) is 1.53. The van der Waals surface area contributed by atoms with Crippen molar-refractivity contribution in [3.8, 4) is 5.69 Å². The first-order chi connectivity index (χ1) is 7.20. The standard InChI is InChI=1S/C12H10ClNO/c1-9-7-8-11(13)12(15)14(9)10-5-3-2-4-6-10/h2-8H,1H3. The fraction of sp³-hybridized carbons (Fsp3) is 0.0833. The molecule has 0 amide bonds. The first kappa shape index (κ1) is 9.99. The van der Waals surface area contributed by atoms with E-state index in [0.29, 0.717) is 0 Å². The number of rotatable bonds is 1. The fourth-order valence-electron chi connectivity index (χ4n) is 1.50. The lowest BCUT2D eigenvalue weighted by molar-refractivity contribution is 0.935. The van der Waals surface area contributed by atoms with Crippen molar-refractivity contribution in [1.29, 1.82) is 0 Å². The molecular weight excluding hydrogens is 210 g/mol. The molecule has 1 aromatic carbocycles. The molecule has 0 saturated carbocycles. The second-order valence-electron chi connectivity index (χ2n) is 3.30. The number of nitrogens with zero attached hydrogens (tertiary/aromatic N) is 1. The molecule has 2 aromatic rings. The van der Waals surface area contributed by atoms with Gasteiger partial charge in [0.25, 0.3) is 5.56 Å². The van der Waals surface area contributed by atoms with Crippen molar-refractivity contribution >= 4 is 11.6 Å². The average molecular weight is 220 g/mol. The van der Waals surface area contributed by atoms with E-state index in [1.165, 1.54) is 0 Å². The monoisotopic (exact) mass is 219 g/mol. The molecular formula is C12H10ClNO. The van der Waals surface area contributed by atoms with E-state index in [1.807, 2.05) is 43.3 Å². The first-order valence-corrected chi connectivity index (χ1v) is 5.01. The Hall–Kier alpha value is -1.54. The highest BCUT2D eigenvalue weighted by Gasteiger charge is 2.05. The molecule has 3 heteroatoms. The molecule has 0 fully saturated rings. The predicted octanol–water partition coefficient (Wildman–Crippen LogP) is 2.80. The van der Waals surface area contributed by atoms with Gasteiger partial charge in [-0.15, -0.1) is 0 Å². The molecule has 0 radical (unpaired) electrons. The molecule has 76 valence electrons. The molecule has 0 spiro atoms. The van der Waals surface area contributed by atoms with Gasteiger partial charge in [0.1, 0.15) is 5.02 Å². The number of aromatic nitrogens is 1. The summed E-state index contributed by atoms with van der Waals surface area (Å²) in [6.45, 7) is 1.88. The van der Waals surface area contributed by atoms with Crippen LogP contribution in [0.3, 0.4) is 0 Å². The highest BCUT2D eigenvalue weighted by Crippen LogP contribution is 2.10. The van der Waals surface area contributed by atoms with Crippen LogP contribution in [0.1, 0.15) is 5.69 Å². The van der Waals surface area contributed by atoms with E-state index >= 15 is 0 Å². The lowest BCUT2D eigenvalue weighted by Gasteiger charge is -2.09. The molecule has 0 aliphatic heterocycles. The first-order valence-electron chi connectivity index (χ1n) is 4.64. The topological polar surface area (TPSA) is 22.0 Å². The van der Waals surface area contributed by atoms with Crippen molar-refractivity contribution < 1.29 is 0 Å². The number of halogens is 1. The van der Waals surface area contributed by atoms with Crippen molar-refractivity contribution in [2.45, 2.75) is 6.92 Å². The molecule has 15 heavy (non-hydrogen) atoms. The molecule has 0 unspecified atom stereocenters. The van der Waals surface area contributed by atoms with Gasteiger partial charge in [-0.2, -0.15) is 0 Å². The summed E-state index contributed by atoms with van der Waals surface area (Å²) in [6, 6.07) is 12.9. The van der Waals surface area contributed by atoms with Crippen LogP contribution in [0, 0.1) is 6.92 Å². The van der Waals surface area contributed by atoms with Crippen LogP contribution in [0.25, 0.3) is 5.69 Å². The van der Waals surface area contributed by atoms with Gasteiger partial charge in [0.05, 0.1) is 0 Å².